The summed E-state index contributed by atoms with van der Waals surface area (Å²) in [5.41, 5.74) is 5.01. The number of rotatable bonds is 5. The summed E-state index contributed by atoms with van der Waals surface area (Å²) >= 11 is 1.84. The Morgan fingerprint density at radius 2 is 1.60 bits per heavy atom. The van der Waals surface area contributed by atoms with Gasteiger partial charge in [-0.2, -0.15) is 0 Å². The first-order chi connectivity index (χ1) is 9.58. The first-order valence-corrected chi connectivity index (χ1v) is 8.05. The monoisotopic (exact) mass is 286 g/mol. The Labute approximate surface area is 126 Å². The fourth-order valence-corrected chi connectivity index (χ4v) is 3.17. The van der Waals surface area contributed by atoms with Crippen molar-refractivity contribution < 1.29 is 5.11 Å². The van der Waals surface area contributed by atoms with E-state index in [9.17, 15) is 5.11 Å². The van der Waals surface area contributed by atoms with Gasteiger partial charge in [0.25, 0.3) is 0 Å². The maximum absolute atomic E-state index is 9.78. The third-order valence-electron chi connectivity index (χ3n) is 3.34. The van der Waals surface area contributed by atoms with Crippen molar-refractivity contribution >= 4 is 11.8 Å². The highest BCUT2D eigenvalue weighted by Crippen LogP contribution is 2.26. The molecule has 1 atom stereocenters. The lowest BCUT2D eigenvalue weighted by Gasteiger charge is -2.09. The lowest BCUT2D eigenvalue weighted by molar-refractivity contribution is 0.173. The molecule has 0 spiro atoms. The van der Waals surface area contributed by atoms with Gasteiger partial charge in [-0.3, -0.25) is 0 Å². The molecule has 0 aliphatic carbocycles. The van der Waals surface area contributed by atoms with E-state index in [2.05, 4.69) is 44.2 Å². The minimum Gasteiger partial charge on any atom is -0.388 e. The quantitative estimate of drug-likeness (QED) is 0.777. The van der Waals surface area contributed by atoms with Crippen LogP contribution in [0, 0.1) is 13.8 Å². The summed E-state index contributed by atoms with van der Waals surface area (Å²) in [7, 11) is 0. The number of hydrogen-bond acceptors (Lipinski definition) is 2. The van der Waals surface area contributed by atoms with Crippen LogP contribution in [0.5, 0.6) is 0 Å². The first-order valence-electron chi connectivity index (χ1n) is 7.06. The Bertz CT molecular complexity index is 540. The van der Waals surface area contributed by atoms with Crippen LogP contribution in [-0.2, 0) is 5.75 Å². The fraction of sp³-hybridized carbons (Fsp3) is 0.333. The molecular weight excluding hydrogens is 264 g/mol. The Balaban J connectivity index is 2.00. The van der Waals surface area contributed by atoms with Crippen LogP contribution in [0.25, 0.3) is 0 Å². The standard InChI is InChI=1S/C18H22OS/c1-4-18(19)16-5-7-17(8-6-16)20-12-15-10-13(2)9-14(3)11-15/h5-11,18-19H,4,12H2,1-3H3/t18-/m0/s1. The third-order valence-corrected chi connectivity index (χ3v) is 4.42. The van der Waals surface area contributed by atoms with Crippen molar-refractivity contribution in [3.8, 4) is 0 Å². The van der Waals surface area contributed by atoms with E-state index in [0.29, 0.717) is 0 Å². The second kappa shape index (κ2) is 6.96. The van der Waals surface area contributed by atoms with Crippen LogP contribution < -0.4 is 0 Å². The number of thioether (sulfide) groups is 1. The minimum atomic E-state index is -0.339. The van der Waals surface area contributed by atoms with E-state index < -0.39 is 0 Å². The topological polar surface area (TPSA) is 20.2 Å². The summed E-state index contributed by atoms with van der Waals surface area (Å²) in [4.78, 5) is 1.25. The molecule has 0 aliphatic heterocycles. The number of benzene rings is 2. The SMILES string of the molecule is CC[C@H](O)c1ccc(SCc2cc(C)cc(C)c2)cc1. The number of aliphatic hydroxyl groups excluding tert-OH is 1. The molecule has 0 radical (unpaired) electrons. The van der Waals surface area contributed by atoms with Gasteiger partial charge in [-0.15, -0.1) is 11.8 Å². The molecule has 0 aliphatic rings. The molecule has 0 bridgehead atoms. The molecule has 0 aromatic heterocycles. The lowest BCUT2D eigenvalue weighted by atomic mass is 10.1. The van der Waals surface area contributed by atoms with E-state index in [1.807, 2.05) is 30.8 Å². The molecule has 2 aromatic carbocycles. The van der Waals surface area contributed by atoms with Gasteiger partial charge in [0.2, 0.25) is 0 Å². The van der Waals surface area contributed by atoms with Crippen molar-refractivity contribution in [2.45, 2.75) is 43.9 Å². The Morgan fingerprint density at radius 1 is 1.00 bits per heavy atom. The maximum Gasteiger partial charge on any atom is 0.0787 e. The molecule has 2 rings (SSSR count). The Morgan fingerprint density at radius 3 is 2.15 bits per heavy atom. The molecule has 0 fully saturated rings. The summed E-state index contributed by atoms with van der Waals surface area (Å²) in [5, 5.41) is 9.78. The molecule has 2 aromatic rings. The second-order valence-electron chi connectivity index (χ2n) is 5.28. The average Bonchev–Trinajstić information content (AvgIpc) is 2.44. The Hall–Kier alpha value is -1.25. The smallest absolute Gasteiger partial charge is 0.0787 e. The molecule has 0 unspecified atom stereocenters. The number of aliphatic hydroxyl groups is 1. The predicted octanol–water partition coefficient (Wildman–Crippen LogP) is 5.04. The predicted molar refractivity (Wildman–Crippen MR) is 87.2 cm³/mol. The third kappa shape index (κ3) is 4.12. The van der Waals surface area contributed by atoms with Gasteiger partial charge in [-0.25, -0.2) is 0 Å². The summed E-state index contributed by atoms with van der Waals surface area (Å²) < 4.78 is 0. The normalized spacial score (nSPS) is 12.4. The zero-order valence-electron chi connectivity index (χ0n) is 12.4. The second-order valence-corrected chi connectivity index (χ2v) is 6.33. The van der Waals surface area contributed by atoms with Gasteiger partial charge in [0.05, 0.1) is 6.10 Å². The van der Waals surface area contributed by atoms with Crippen molar-refractivity contribution in [1.82, 2.24) is 0 Å². The van der Waals surface area contributed by atoms with Crippen molar-refractivity contribution in [3.05, 3.63) is 64.7 Å². The largest absolute Gasteiger partial charge is 0.388 e. The van der Waals surface area contributed by atoms with Crippen LogP contribution in [0.2, 0.25) is 0 Å². The van der Waals surface area contributed by atoms with E-state index in [-0.39, 0.29) is 6.10 Å². The molecule has 1 N–H and O–H groups in total. The van der Waals surface area contributed by atoms with Crippen LogP contribution >= 0.6 is 11.8 Å². The van der Waals surface area contributed by atoms with E-state index in [1.165, 1.54) is 21.6 Å². The van der Waals surface area contributed by atoms with Gasteiger partial charge in [0.1, 0.15) is 0 Å². The number of hydrogen-bond donors (Lipinski definition) is 1. The minimum absolute atomic E-state index is 0.339. The summed E-state index contributed by atoms with van der Waals surface area (Å²) in [6.45, 7) is 6.28. The molecule has 0 amide bonds. The molecule has 2 heteroatoms. The van der Waals surface area contributed by atoms with E-state index in [0.717, 1.165) is 17.7 Å². The van der Waals surface area contributed by atoms with Gasteiger partial charge >= 0.3 is 0 Å². The zero-order chi connectivity index (χ0) is 14.5. The average molecular weight is 286 g/mol. The lowest BCUT2D eigenvalue weighted by Crippen LogP contribution is -1.94. The molecule has 106 valence electrons. The summed E-state index contributed by atoms with van der Waals surface area (Å²) in [6.07, 6.45) is 0.420. The van der Waals surface area contributed by atoms with Crippen LogP contribution in [0.1, 0.15) is 41.7 Å². The van der Waals surface area contributed by atoms with Crippen molar-refractivity contribution in [2.75, 3.05) is 0 Å². The van der Waals surface area contributed by atoms with E-state index >= 15 is 0 Å². The van der Waals surface area contributed by atoms with Crippen LogP contribution in [0.4, 0.5) is 0 Å². The first kappa shape index (κ1) is 15.1. The summed E-state index contributed by atoms with van der Waals surface area (Å²) in [6, 6.07) is 14.9. The van der Waals surface area contributed by atoms with E-state index in [4.69, 9.17) is 0 Å². The van der Waals surface area contributed by atoms with E-state index in [1.54, 1.807) is 0 Å². The molecule has 0 saturated carbocycles. The van der Waals surface area contributed by atoms with Crippen LogP contribution in [-0.4, -0.2) is 5.11 Å². The summed E-state index contributed by atoms with van der Waals surface area (Å²) in [5.74, 6) is 0.984. The van der Waals surface area contributed by atoms with Crippen molar-refractivity contribution in [2.24, 2.45) is 0 Å². The van der Waals surface area contributed by atoms with Gasteiger partial charge in [-0.05, 0) is 43.5 Å². The van der Waals surface area contributed by atoms with Crippen molar-refractivity contribution in [3.63, 3.8) is 0 Å². The maximum atomic E-state index is 9.78. The van der Waals surface area contributed by atoms with Crippen LogP contribution in [0.15, 0.2) is 47.4 Å². The van der Waals surface area contributed by atoms with Gasteiger partial charge < -0.3 is 5.11 Å². The van der Waals surface area contributed by atoms with Gasteiger partial charge in [0, 0.05) is 10.6 Å². The fourth-order valence-electron chi connectivity index (χ4n) is 2.34. The molecule has 1 nitrogen and oxygen atoms in total. The highest BCUT2D eigenvalue weighted by atomic mass is 32.2. The Kier molecular flexibility index (Phi) is 5.27. The molecular formula is C18H22OS. The zero-order valence-corrected chi connectivity index (χ0v) is 13.2. The highest BCUT2D eigenvalue weighted by molar-refractivity contribution is 7.98. The highest BCUT2D eigenvalue weighted by Gasteiger charge is 2.04. The number of aryl methyl sites for hydroxylation is 2. The van der Waals surface area contributed by atoms with Gasteiger partial charge in [0.15, 0.2) is 0 Å². The van der Waals surface area contributed by atoms with Gasteiger partial charge in [-0.1, -0.05) is 48.4 Å². The van der Waals surface area contributed by atoms with Crippen molar-refractivity contribution in [1.29, 1.82) is 0 Å². The van der Waals surface area contributed by atoms with Crippen LogP contribution in [0.3, 0.4) is 0 Å². The molecule has 0 saturated heterocycles. The molecule has 0 heterocycles. The molecule has 20 heavy (non-hydrogen) atoms.